The maximum Gasteiger partial charge on any atom is 0.323 e. The molecule has 3 atom stereocenters. The third-order valence-corrected chi connectivity index (χ3v) is 5.37. The lowest BCUT2D eigenvalue weighted by atomic mass is 9.85. The summed E-state index contributed by atoms with van der Waals surface area (Å²) in [6, 6.07) is 7.26. The molecule has 0 unspecified atom stereocenters. The van der Waals surface area contributed by atoms with E-state index in [0.29, 0.717) is 23.4 Å². The van der Waals surface area contributed by atoms with Crippen molar-refractivity contribution in [3.63, 3.8) is 0 Å². The van der Waals surface area contributed by atoms with Gasteiger partial charge in [-0.2, -0.15) is 0 Å². The molecule has 1 aromatic carbocycles. The van der Waals surface area contributed by atoms with E-state index >= 15 is 0 Å². The smallest absolute Gasteiger partial charge is 0.323 e. The van der Waals surface area contributed by atoms with Crippen molar-refractivity contribution in [3.05, 3.63) is 24.3 Å². The van der Waals surface area contributed by atoms with Gasteiger partial charge in [0, 0.05) is 17.8 Å². The van der Waals surface area contributed by atoms with Crippen molar-refractivity contribution < 1.29 is 19.1 Å². The third-order valence-electron chi connectivity index (χ3n) is 5.37. The van der Waals surface area contributed by atoms with Gasteiger partial charge in [-0.25, -0.2) is 0 Å². The highest BCUT2D eigenvalue weighted by molar-refractivity contribution is 5.93. The van der Waals surface area contributed by atoms with E-state index in [2.05, 4.69) is 5.32 Å². The Kier molecular flexibility index (Phi) is 5.58. The molecule has 25 heavy (non-hydrogen) atoms. The van der Waals surface area contributed by atoms with Gasteiger partial charge in [0.05, 0.1) is 20.8 Å². The topological polar surface area (TPSA) is 67.9 Å². The van der Waals surface area contributed by atoms with Gasteiger partial charge >= 0.3 is 5.97 Å². The molecule has 1 saturated carbocycles. The second kappa shape index (κ2) is 7.87. The summed E-state index contributed by atoms with van der Waals surface area (Å²) < 4.78 is 10.2. The Bertz CT molecular complexity index is 634. The van der Waals surface area contributed by atoms with E-state index in [-0.39, 0.29) is 24.5 Å². The molecular formula is C19H26N2O4. The summed E-state index contributed by atoms with van der Waals surface area (Å²) in [6.07, 6.45) is 5.34. The lowest BCUT2D eigenvalue weighted by molar-refractivity contribution is -0.146. The van der Waals surface area contributed by atoms with Gasteiger partial charge in [-0.15, -0.1) is 0 Å². The molecule has 1 heterocycles. The van der Waals surface area contributed by atoms with E-state index in [0.717, 1.165) is 25.7 Å². The van der Waals surface area contributed by atoms with Gasteiger partial charge in [0.2, 0.25) is 5.91 Å². The first-order valence-corrected chi connectivity index (χ1v) is 8.90. The van der Waals surface area contributed by atoms with Gasteiger partial charge in [0.15, 0.2) is 0 Å². The summed E-state index contributed by atoms with van der Waals surface area (Å²) >= 11 is 0. The van der Waals surface area contributed by atoms with Crippen LogP contribution in [0.1, 0.15) is 32.1 Å². The first-order valence-electron chi connectivity index (χ1n) is 8.90. The van der Waals surface area contributed by atoms with Crippen LogP contribution in [0.2, 0.25) is 0 Å². The first-order chi connectivity index (χ1) is 12.1. The van der Waals surface area contributed by atoms with Gasteiger partial charge < -0.3 is 14.8 Å². The molecule has 3 rings (SSSR count). The van der Waals surface area contributed by atoms with Gasteiger partial charge in [0.1, 0.15) is 11.8 Å². The average molecular weight is 346 g/mol. The minimum absolute atomic E-state index is 0.117. The van der Waals surface area contributed by atoms with Gasteiger partial charge in [-0.1, -0.05) is 18.9 Å². The van der Waals surface area contributed by atoms with Crippen molar-refractivity contribution in [2.45, 2.75) is 44.2 Å². The summed E-state index contributed by atoms with van der Waals surface area (Å²) in [5.41, 5.74) is 0.693. The number of fused-ring (bicyclic) bond motifs is 1. The molecule has 1 aromatic rings. The summed E-state index contributed by atoms with van der Waals surface area (Å²) in [4.78, 5) is 26.8. The number of hydrogen-bond acceptors (Lipinski definition) is 5. The van der Waals surface area contributed by atoms with Crippen LogP contribution in [0.25, 0.3) is 0 Å². The molecule has 6 heteroatoms. The van der Waals surface area contributed by atoms with Crippen LogP contribution < -0.4 is 10.1 Å². The second-order valence-electron chi connectivity index (χ2n) is 6.84. The van der Waals surface area contributed by atoms with E-state index in [4.69, 9.17) is 9.47 Å². The Morgan fingerprint density at radius 3 is 2.80 bits per heavy atom. The number of esters is 1. The number of ether oxygens (including phenoxy) is 2. The number of amides is 1. The molecule has 1 amide bonds. The maximum absolute atomic E-state index is 12.6. The van der Waals surface area contributed by atoms with E-state index in [1.807, 2.05) is 23.1 Å². The van der Waals surface area contributed by atoms with Crippen LogP contribution in [-0.4, -0.2) is 49.6 Å². The Balaban J connectivity index is 1.69. The minimum Gasteiger partial charge on any atom is -0.497 e. The molecule has 2 fully saturated rings. The predicted molar refractivity (Wildman–Crippen MR) is 94.5 cm³/mol. The van der Waals surface area contributed by atoms with Crippen LogP contribution in [0.4, 0.5) is 5.69 Å². The molecule has 1 N–H and O–H groups in total. The number of likely N-dealkylation sites (tertiary alicyclic amines) is 1. The van der Waals surface area contributed by atoms with Crippen LogP contribution in [0, 0.1) is 5.92 Å². The Morgan fingerprint density at radius 2 is 2.04 bits per heavy atom. The van der Waals surface area contributed by atoms with Gasteiger partial charge in [0.25, 0.3) is 0 Å². The Labute approximate surface area is 148 Å². The lowest BCUT2D eigenvalue weighted by Gasteiger charge is -2.32. The molecule has 136 valence electrons. The van der Waals surface area contributed by atoms with E-state index < -0.39 is 0 Å². The zero-order valence-corrected chi connectivity index (χ0v) is 14.9. The van der Waals surface area contributed by atoms with Crippen molar-refractivity contribution in [1.29, 1.82) is 0 Å². The minimum atomic E-state index is -0.311. The third kappa shape index (κ3) is 3.95. The van der Waals surface area contributed by atoms with Gasteiger partial charge in [-0.05, 0) is 37.3 Å². The summed E-state index contributed by atoms with van der Waals surface area (Å²) in [5, 5.41) is 2.90. The largest absolute Gasteiger partial charge is 0.497 e. The normalized spacial score (nSPS) is 25.9. The molecule has 0 radical (unpaired) electrons. The summed E-state index contributed by atoms with van der Waals surface area (Å²) in [6.45, 7) is 0.206. The lowest BCUT2D eigenvalue weighted by Crippen LogP contribution is -2.46. The number of hydrogen-bond donors (Lipinski definition) is 1. The Morgan fingerprint density at radius 1 is 1.24 bits per heavy atom. The maximum atomic E-state index is 12.6. The molecule has 0 bridgehead atoms. The van der Waals surface area contributed by atoms with Crippen molar-refractivity contribution in [2.24, 2.45) is 5.92 Å². The highest BCUT2D eigenvalue weighted by Gasteiger charge is 2.46. The molecule has 1 aliphatic heterocycles. The highest BCUT2D eigenvalue weighted by Crippen LogP contribution is 2.39. The zero-order valence-electron chi connectivity index (χ0n) is 14.9. The molecule has 2 aliphatic rings. The van der Waals surface area contributed by atoms with E-state index in [1.165, 1.54) is 13.5 Å². The Hall–Kier alpha value is -2.08. The fraction of sp³-hybridized carbons (Fsp3) is 0.579. The fourth-order valence-corrected chi connectivity index (χ4v) is 4.22. The molecule has 0 spiro atoms. The van der Waals surface area contributed by atoms with Crippen LogP contribution in [0.3, 0.4) is 0 Å². The van der Waals surface area contributed by atoms with Crippen molar-refractivity contribution in [1.82, 2.24) is 4.90 Å². The van der Waals surface area contributed by atoms with E-state index in [9.17, 15) is 9.59 Å². The monoisotopic (exact) mass is 346 g/mol. The van der Waals surface area contributed by atoms with Crippen LogP contribution in [0.5, 0.6) is 5.75 Å². The number of nitrogens with one attached hydrogen (secondary N) is 1. The predicted octanol–water partition coefficient (Wildman–Crippen LogP) is 2.44. The standard InChI is InChI=1S/C19H26N2O4/c1-24-15-8-5-7-14(11-15)20-18(22)12-21-16-9-4-3-6-13(16)10-17(21)19(23)25-2/h5,7-8,11,13,16-17H,3-4,6,9-10,12H2,1-2H3,(H,20,22)/t13-,16+,17-/m1/s1. The molecule has 1 aliphatic carbocycles. The number of carbonyl (C=O) groups is 2. The molecule has 0 aromatic heterocycles. The highest BCUT2D eigenvalue weighted by atomic mass is 16.5. The first kappa shape index (κ1) is 17.7. The van der Waals surface area contributed by atoms with Crippen molar-refractivity contribution in [2.75, 3.05) is 26.1 Å². The number of rotatable bonds is 5. The van der Waals surface area contributed by atoms with Crippen LogP contribution in [0.15, 0.2) is 24.3 Å². The summed E-state index contributed by atoms with van der Waals surface area (Å²) in [7, 11) is 3.01. The molecular weight excluding hydrogens is 320 g/mol. The number of benzene rings is 1. The number of methoxy groups -OCH3 is 2. The molecule has 6 nitrogen and oxygen atoms in total. The quantitative estimate of drug-likeness (QED) is 0.830. The van der Waals surface area contributed by atoms with Crippen LogP contribution in [-0.2, 0) is 14.3 Å². The average Bonchev–Trinajstić information content (AvgIpc) is 2.99. The number of nitrogens with zero attached hydrogens (tertiary/aromatic N) is 1. The summed E-state index contributed by atoms with van der Waals surface area (Å²) in [5.74, 6) is 0.832. The zero-order chi connectivity index (χ0) is 17.8. The number of carbonyl (C=O) groups excluding carboxylic acids is 2. The molecule has 1 saturated heterocycles. The SMILES string of the molecule is COC(=O)[C@H]1C[C@H]2CCCC[C@@H]2N1CC(=O)Nc1cccc(OC)c1. The number of anilines is 1. The fourth-order valence-electron chi connectivity index (χ4n) is 4.22. The van der Waals surface area contributed by atoms with Crippen LogP contribution >= 0.6 is 0 Å². The van der Waals surface area contributed by atoms with Crippen molar-refractivity contribution >= 4 is 17.6 Å². The van der Waals surface area contributed by atoms with Gasteiger partial charge in [-0.3, -0.25) is 14.5 Å². The van der Waals surface area contributed by atoms with Crippen molar-refractivity contribution in [3.8, 4) is 5.75 Å². The van der Waals surface area contributed by atoms with E-state index in [1.54, 1.807) is 13.2 Å². The second-order valence-corrected chi connectivity index (χ2v) is 6.84.